The number of ether oxygens (including phenoxy) is 2. The van der Waals surface area contributed by atoms with Crippen LogP contribution in [0, 0.1) is 6.92 Å². The van der Waals surface area contributed by atoms with Gasteiger partial charge in [0.2, 0.25) is 0 Å². The van der Waals surface area contributed by atoms with Crippen LogP contribution in [-0.2, 0) is 9.47 Å². The Morgan fingerprint density at radius 2 is 2.35 bits per heavy atom. The second kappa shape index (κ2) is 6.89. The molecule has 3 rings (SSSR count). The van der Waals surface area contributed by atoms with E-state index in [0.29, 0.717) is 31.2 Å². The van der Waals surface area contributed by atoms with Crippen molar-refractivity contribution in [3.05, 3.63) is 41.9 Å². The van der Waals surface area contributed by atoms with Crippen LogP contribution in [-0.4, -0.2) is 52.6 Å². The smallest absolute Gasteiger partial charge is 0.255 e. The van der Waals surface area contributed by atoms with Crippen molar-refractivity contribution in [2.45, 2.75) is 26.0 Å². The number of hydrogen-bond donors (Lipinski definition) is 1. The highest BCUT2D eigenvalue weighted by molar-refractivity contribution is 5.95. The number of nitrogens with zero attached hydrogens (tertiary/aromatic N) is 3. The first-order valence-electron chi connectivity index (χ1n) is 7.67. The summed E-state index contributed by atoms with van der Waals surface area (Å²) in [6, 6.07) is 5.42. The standard InChI is InChI=1S/C16H20N4O3/c1-3-23-14-10-22-9-13(14)19-16(21)12-8-18-20(11(12)2)15-6-4-5-7-17-15/h4-8,13-14H,3,9-10H2,1-2H3,(H,19,21)/t13-,14-/m0/s1. The van der Waals surface area contributed by atoms with E-state index in [1.807, 2.05) is 32.0 Å². The van der Waals surface area contributed by atoms with E-state index >= 15 is 0 Å². The SMILES string of the molecule is CCO[C@H]1COC[C@@H]1NC(=O)c1cnn(-c2ccccn2)c1C. The van der Waals surface area contributed by atoms with Gasteiger partial charge in [-0.15, -0.1) is 0 Å². The van der Waals surface area contributed by atoms with E-state index in [2.05, 4.69) is 15.4 Å². The lowest BCUT2D eigenvalue weighted by atomic mass is 10.2. The van der Waals surface area contributed by atoms with Gasteiger partial charge in [0.25, 0.3) is 5.91 Å². The summed E-state index contributed by atoms with van der Waals surface area (Å²) >= 11 is 0. The monoisotopic (exact) mass is 316 g/mol. The Morgan fingerprint density at radius 3 is 3.09 bits per heavy atom. The number of hydrogen-bond acceptors (Lipinski definition) is 5. The molecule has 1 N–H and O–H groups in total. The first-order valence-corrected chi connectivity index (χ1v) is 7.67. The van der Waals surface area contributed by atoms with Gasteiger partial charge in [-0.25, -0.2) is 9.67 Å². The normalized spacial score (nSPS) is 20.6. The van der Waals surface area contributed by atoms with Gasteiger partial charge in [-0.05, 0) is 26.0 Å². The van der Waals surface area contributed by atoms with Gasteiger partial charge >= 0.3 is 0 Å². The minimum atomic E-state index is -0.176. The van der Waals surface area contributed by atoms with E-state index in [1.54, 1.807) is 17.1 Å². The maximum atomic E-state index is 12.5. The fraction of sp³-hybridized carbons (Fsp3) is 0.438. The summed E-state index contributed by atoms with van der Waals surface area (Å²) in [5, 5.41) is 7.24. The fourth-order valence-electron chi connectivity index (χ4n) is 2.64. The minimum absolute atomic E-state index is 0.102. The first kappa shape index (κ1) is 15.6. The molecular formula is C16H20N4O3. The summed E-state index contributed by atoms with van der Waals surface area (Å²) in [4.78, 5) is 16.8. The van der Waals surface area contributed by atoms with Crippen LogP contribution < -0.4 is 5.32 Å². The number of nitrogens with one attached hydrogen (secondary N) is 1. The van der Waals surface area contributed by atoms with E-state index in [4.69, 9.17) is 9.47 Å². The second-order valence-electron chi connectivity index (χ2n) is 5.35. The molecule has 7 heteroatoms. The molecule has 1 aliphatic heterocycles. The number of rotatable bonds is 5. The van der Waals surface area contributed by atoms with Gasteiger partial charge in [-0.1, -0.05) is 6.07 Å². The third-order valence-corrected chi connectivity index (χ3v) is 3.85. The van der Waals surface area contributed by atoms with Gasteiger partial charge in [0, 0.05) is 12.8 Å². The van der Waals surface area contributed by atoms with Crippen LogP contribution in [0.25, 0.3) is 5.82 Å². The number of aromatic nitrogens is 3. The highest BCUT2D eigenvalue weighted by Crippen LogP contribution is 2.14. The van der Waals surface area contributed by atoms with Gasteiger partial charge in [-0.3, -0.25) is 4.79 Å². The van der Waals surface area contributed by atoms with Crippen LogP contribution in [0.4, 0.5) is 0 Å². The molecule has 0 saturated carbocycles. The molecule has 0 aliphatic carbocycles. The number of pyridine rings is 1. The lowest BCUT2D eigenvalue weighted by Crippen LogP contribution is -2.43. The van der Waals surface area contributed by atoms with Crippen LogP contribution in [0.15, 0.2) is 30.6 Å². The van der Waals surface area contributed by atoms with Gasteiger partial charge in [-0.2, -0.15) is 5.10 Å². The Balaban J connectivity index is 1.75. The number of carbonyl (C=O) groups is 1. The van der Waals surface area contributed by atoms with E-state index in [-0.39, 0.29) is 18.1 Å². The summed E-state index contributed by atoms with van der Waals surface area (Å²) in [6.45, 7) is 5.34. The lowest BCUT2D eigenvalue weighted by Gasteiger charge is -2.18. The van der Waals surface area contributed by atoms with E-state index < -0.39 is 0 Å². The van der Waals surface area contributed by atoms with Crippen molar-refractivity contribution < 1.29 is 14.3 Å². The largest absolute Gasteiger partial charge is 0.376 e. The van der Waals surface area contributed by atoms with Gasteiger partial charge < -0.3 is 14.8 Å². The Hall–Kier alpha value is -2.25. The van der Waals surface area contributed by atoms with Gasteiger partial charge in [0.1, 0.15) is 6.10 Å². The zero-order chi connectivity index (χ0) is 16.2. The molecule has 2 aromatic heterocycles. The molecule has 0 bridgehead atoms. The summed E-state index contributed by atoms with van der Waals surface area (Å²) in [5.41, 5.74) is 1.27. The molecule has 0 radical (unpaired) electrons. The van der Waals surface area contributed by atoms with Crippen molar-refractivity contribution in [2.24, 2.45) is 0 Å². The highest BCUT2D eigenvalue weighted by atomic mass is 16.5. The predicted molar refractivity (Wildman–Crippen MR) is 83.6 cm³/mol. The van der Waals surface area contributed by atoms with Crippen molar-refractivity contribution in [3.8, 4) is 5.82 Å². The summed E-state index contributed by atoms with van der Waals surface area (Å²) < 4.78 is 12.6. The van der Waals surface area contributed by atoms with Gasteiger partial charge in [0.05, 0.1) is 36.7 Å². The van der Waals surface area contributed by atoms with Crippen LogP contribution in [0.5, 0.6) is 0 Å². The molecule has 23 heavy (non-hydrogen) atoms. The fourth-order valence-corrected chi connectivity index (χ4v) is 2.64. The predicted octanol–water partition coefficient (Wildman–Crippen LogP) is 1.11. The molecule has 1 aliphatic rings. The lowest BCUT2D eigenvalue weighted by molar-refractivity contribution is 0.0402. The maximum Gasteiger partial charge on any atom is 0.255 e. The Labute approximate surface area is 134 Å². The van der Waals surface area contributed by atoms with Crippen LogP contribution in [0.3, 0.4) is 0 Å². The molecule has 2 aromatic rings. The van der Waals surface area contributed by atoms with E-state index in [1.165, 1.54) is 0 Å². The Morgan fingerprint density at radius 1 is 1.48 bits per heavy atom. The quantitative estimate of drug-likeness (QED) is 0.894. The zero-order valence-electron chi connectivity index (χ0n) is 13.2. The summed E-state index contributed by atoms with van der Waals surface area (Å²) in [6.07, 6.45) is 3.15. The topological polar surface area (TPSA) is 78.3 Å². The van der Waals surface area contributed by atoms with Crippen molar-refractivity contribution >= 4 is 5.91 Å². The van der Waals surface area contributed by atoms with Crippen LogP contribution in [0.2, 0.25) is 0 Å². The Kier molecular flexibility index (Phi) is 4.68. The van der Waals surface area contributed by atoms with Crippen LogP contribution >= 0.6 is 0 Å². The molecule has 122 valence electrons. The highest BCUT2D eigenvalue weighted by Gasteiger charge is 2.31. The zero-order valence-corrected chi connectivity index (χ0v) is 13.2. The third kappa shape index (κ3) is 3.25. The van der Waals surface area contributed by atoms with Crippen molar-refractivity contribution in [2.75, 3.05) is 19.8 Å². The molecule has 1 saturated heterocycles. The molecule has 2 atom stereocenters. The first-order chi connectivity index (χ1) is 11.2. The molecule has 0 aromatic carbocycles. The molecule has 1 fully saturated rings. The number of carbonyl (C=O) groups excluding carboxylic acids is 1. The van der Waals surface area contributed by atoms with E-state index in [9.17, 15) is 4.79 Å². The second-order valence-corrected chi connectivity index (χ2v) is 5.35. The molecule has 1 amide bonds. The number of amides is 1. The van der Waals surface area contributed by atoms with Gasteiger partial charge in [0.15, 0.2) is 5.82 Å². The third-order valence-electron chi connectivity index (χ3n) is 3.85. The molecule has 7 nitrogen and oxygen atoms in total. The Bertz CT molecular complexity index is 671. The van der Waals surface area contributed by atoms with Crippen molar-refractivity contribution in [1.29, 1.82) is 0 Å². The minimum Gasteiger partial charge on any atom is -0.376 e. The summed E-state index contributed by atoms with van der Waals surface area (Å²) in [5.74, 6) is 0.505. The molecule has 0 spiro atoms. The average molecular weight is 316 g/mol. The molecule has 3 heterocycles. The molecule has 0 unspecified atom stereocenters. The van der Waals surface area contributed by atoms with Crippen LogP contribution in [0.1, 0.15) is 23.0 Å². The van der Waals surface area contributed by atoms with E-state index in [0.717, 1.165) is 5.69 Å². The van der Waals surface area contributed by atoms with Crippen molar-refractivity contribution in [1.82, 2.24) is 20.1 Å². The maximum absolute atomic E-state index is 12.5. The average Bonchev–Trinajstić information content (AvgIpc) is 3.15. The summed E-state index contributed by atoms with van der Waals surface area (Å²) in [7, 11) is 0. The molecular weight excluding hydrogens is 296 g/mol. The van der Waals surface area contributed by atoms with Crippen molar-refractivity contribution in [3.63, 3.8) is 0 Å².